The molecule has 2 aromatic carbocycles. The molecule has 2 rings (SSSR count). The maximum absolute atomic E-state index is 13.2. The van der Waals surface area contributed by atoms with Crippen molar-refractivity contribution in [2.24, 2.45) is 5.73 Å². The average molecular weight is 260 g/mol. The third-order valence-corrected chi connectivity index (χ3v) is 2.76. The Bertz CT molecular complexity index is 596. The van der Waals surface area contributed by atoms with Gasteiger partial charge in [-0.2, -0.15) is 0 Å². The van der Waals surface area contributed by atoms with E-state index in [0.717, 1.165) is 11.3 Å². The number of hydrogen-bond acceptors (Lipinski definition) is 2. The summed E-state index contributed by atoms with van der Waals surface area (Å²) in [5.41, 5.74) is 8.85. The lowest BCUT2D eigenvalue weighted by atomic mass is 10.1. The summed E-state index contributed by atoms with van der Waals surface area (Å²) >= 11 is 4.92. The summed E-state index contributed by atoms with van der Waals surface area (Å²) in [7, 11) is 0. The summed E-state index contributed by atoms with van der Waals surface area (Å²) < 4.78 is 13.2. The van der Waals surface area contributed by atoms with Crippen molar-refractivity contribution < 1.29 is 4.39 Å². The number of rotatable bonds is 3. The van der Waals surface area contributed by atoms with Gasteiger partial charge in [0.1, 0.15) is 10.8 Å². The first-order valence-corrected chi connectivity index (χ1v) is 5.90. The monoisotopic (exact) mass is 260 g/mol. The highest BCUT2D eigenvalue weighted by molar-refractivity contribution is 7.80. The highest BCUT2D eigenvalue weighted by atomic mass is 32.1. The second-order valence-electron chi connectivity index (χ2n) is 4.05. The van der Waals surface area contributed by atoms with Crippen LogP contribution < -0.4 is 11.1 Å². The van der Waals surface area contributed by atoms with E-state index in [9.17, 15) is 4.39 Å². The Morgan fingerprint density at radius 2 is 2.00 bits per heavy atom. The Hall–Kier alpha value is -1.94. The summed E-state index contributed by atoms with van der Waals surface area (Å²) in [4.78, 5) is 0.171. The third kappa shape index (κ3) is 2.84. The smallest absolute Gasteiger partial charge is 0.124 e. The molecule has 0 fully saturated rings. The van der Waals surface area contributed by atoms with Gasteiger partial charge < -0.3 is 11.1 Å². The number of benzene rings is 2. The van der Waals surface area contributed by atoms with Gasteiger partial charge in [0.05, 0.1) is 0 Å². The second kappa shape index (κ2) is 5.14. The zero-order valence-corrected chi connectivity index (χ0v) is 10.7. The lowest BCUT2D eigenvalue weighted by Gasteiger charge is -2.11. The van der Waals surface area contributed by atoms with Crippen molar-refractivity contribution in [1.29, 1.82) is 0 Å². The molecule has 0 amide bonds. The molecule has 0 aliphatic rings. The van der Waals surface area contributed by atoms with Gasteiger partial charge in [0.2, 0.25) is 0 Å². The molecular formula is C14H13FN2S. The molecule has 92 valence electrons. The van der Waals surface area contributed by atoms with Gasteiger partial charge in [0.25, 0.3) is 0 Å². The lowest BCUT2D eigenvalue weighted by Crippen LogP contribution is -2.12. The van der Waals surface area contributed by atoms with Gasteiger partial charge >= 0.3 is 0 Å². The van der Waals surface area contributed by atoms with Crippen LogP contribution in [-0.2, 0) is 0 Å². The van der Waals surface area contributed by atoms with Crippen molar-refractivity contribution in [3.63, 3.8) is 0 Å². The fraction of sp³-hybridized carbons (Fsp3) is 0.0714. The highest BCUT2D eigenvalue weighted by Crippen LogP contribution is 2.22. The largest absolute Gasteiger partial charge is 0.389 e. The quantitative estimate of drug-likeness (QED) is 0.829. The second-order valence-corrected chi connectivity index (χ2v) is 4.49. The average Bonchev–Trinajstić information content (AvgIpc) is 2.31. The molecule has 0 unspecified atom stereocenters. The molecule has 0 heterocycles. The van der Waals surface area contributed by atoms with E-state index in [2.05, 4.69) is 5.32 Å². The predicted molar refractivity (Wildman–Crippen MR) is 76.7 cm³/mol. The van der Waals surface area contributed by atoms with E-state index < -0.39 is 0 Å². The summed E-state index contributed by atoms with van der Waals surface area (Å²) in [6.07, 6.45) is 0. The van der Waals surface area contributed by atoms with Crippen molar-refractivity contribution in [2.75, 3.05) is 5.32 Å². The number of nitrogens with one attached hydrogen (secondary N) is 1. The Kier molecular flexibility index (Phi) is 3.58. The van der Waals surface area contributed by atoms with Crippen LogP contribution in [0.1, 0.15) is 11.1 Å². The summed E-state index contributed by atoms with van der Waals surface area (Å²) in [5.74, 6) is -0.354. The predicted octanol–water partition coefficient (Wildman–Crippen LogP) is 3.51. The molecule has 0 aliphatic heterocycles. The molecule has 2 nitrogen and oxygen atoms in total. The van der Waals surface area contributed by atoms with Crippen LogP contribution in [-0.4, -0.2) is 4.99 Å². The van der Waals surface area contributed by atoms with Gasteiger partial charge in [0, 0.05) is 16.9 Å². The maximum Gasteiger partial charge on any atom is 0.124 e. The van der Waals surface area contributed by atoms with Crippen LogP contribution >= 0.6 is 12.2 Å². The molecule has 0 aromatic heterocycles. The van der Waals surface area contributed by atoms with Crippen LogP contribution in [0.5, 0.6) is 0 Å². The standard InChI is InChI=1S/C14H13FN2S/c1-9-3-2-4-11(7-9)17-13-6-5-10(15)8-12(13)14(16)18/h2-8,17H,1H3,(H2,16,18). The molecule has 0 saturated heterocycles. The maximum atomic E-state index is 13.2. The molecule has 0 aliphatic carbocycles. The molecule has 0 bridgehead atoms. The third-order valence-electron chi connectivity index (χ3n) is 2.54. The molecule has 0 radical (unpaired) electrons. The summed E-state index contributed by atoms with van der Waals surface area (Å²) in [5, 5.41) is 3.19. The summed E-state index contributed by atoms with van der Waals surface area (Å²) in [6, 6.07) is 12.2. The summed E-state index contributed by atoms with van der Waals surface area (Å²) in [6.45, 7) is 2.00. The van der Waals surface area contributed by atoms with E-state index in [0.29, 0.717) is 11.3 Å². The number of nitrogens with two attached hydrogens (primary N) is 1. The van der Waals surface area contributed by atoms with Crippen LogP contribution in [0.2, 0.25) is 0 Å². The van der Waals surface area contributed by atoms with E-state index in [1.54, 1.807) is 6.07 Å². The Labute approximate surface area is 111 Å². The Morgan fingerprint density at radius 1 is 1.22 bits per heavy atom. The fourth-order valence-corrected chi connectivity index (χ4v) is 1.88. The minimum Gasteiger partial charge on any atom is -0.389 e. The van der Waals surface area contributed by atoms with Crippen LogP contribution in [0.3, 0.4) is 0 Å². The Balaban J connectivity index is 2.37. The number of thiocarbonyl (C=S) groups is 1. The lowest BCUT2D eigenvalue weighted by molar-refractivity contribution is 0.628. The fourth-order valence-electron chi connectivity index (χ4n) is 1.71. The van der Waals surface area contributed by atoms with Gasteiger partial charge in [-0.05, 0) is 42.8 Å². The van der Waals surface area contributed by atoms with Crippen LogP contribution in [0.4, 0.5) is 15.8 Å². The van der Waals surface area contributed by atoms with Gasteiger partial charge in [-0.1, -0.05) is 24.4 Å². The van der Waals surface area contributed by atoms with Gasteiger partial charge in [-0.25, -0.2) is 4.39 Å². The van der Waals surface area contributed by atoms with Crippen molar-refractivity contribution >= 4 is 28.6 Å². The van der Waals surface area contributed by atoms with Crippen molar-refractivity contribution in [1.82, 2.24) is 0 Å². The minimum absolute atomic E-state index is 0.171. The van der Waals surface area contributed by atoms with Crippen molar-refractivity contribution in [2.45, 2.75) is 6.92 Å². The SMILES string of the molecule is Cc1cccc(Nc2ccc(F)cc2C(N)=S)c1. The van der Waals surface area contributed by atoms with Gasteiger partial charge in [-0.3, -0.25) is 0 Å². The number of aryl methyl sites for hydroxylation is 1. The normalized spacial score (nSPS) is 10.1. The van der Waals surface area contributed by atoms with E-state index in [4.69, 9.17) is 18.0 Å². The zero-order valence-electron chi connectivity index (χ0n) is 9.91. The molecule has 0 saturated carbocycles. The van der Waals surface area contributed by atoms with Crippen LogP contribution in [0, 0.1) is 12.7 Å². The molecule has 0 spiro atoms. The molecule has 4 heteroatoms. The van der Waals surface area contributed by atoms with Crippen LogP contribution in [0.15, 0.2) is 42.5 Å². The first-order valence-electron chi connectivity index (χ1n) is 5.49. The first kappa shape index (κ1) is 12.5. The van der Waals surface area contributed by atoms with Crippen LogP contribution in [0.25, 0.3) is 0 Å². The Morgan fingerprint density at radius 3 is 2.67 bits per heavy atom. The zero-order chi connectivity index (χ0) is 13.1. The van der Waals surface area contributed by atoms with E-state index >= 15 is 0 Å². The molecule has 0 atom stereocenters. The van der Waals surface area contributed by atoms with E-state index in [-0.39, 0.29) is 10.8 Å². The number of anilines is 2. The first-order chi connectivity index (χ1) is 8.56. The van der Waals surface area contributed by atoms with E-state index in [1.807, 2.05) is 31.2 Å². The number of hydrogen-bond donors (Lipinski definition) is 2. The van der Waals surface area contributed by atoms with E-state index in [1.165, 1.54) is 12.1 Å². The topological polar surface area (TPSA) is 38.0 Å². The minimum atomic E-state index is -0.354. The number of halogens is 1. The molecule has 18 heavy (non-hydrogen) atoms. The molecule has 2 aromatic rings. The molecule has 3 N–H and O–H groups in total. The highest BCUT2D eigenvalue weighted by Gasteiger charge is 2.07. The molecular weight excluding hydrogens is 247 g/mol. The van der Waals surface area contributed by atoms with Gasteiger partial charge in [0.15, 0.2) is 0 Å². The van der Waals surface area contributed by atoms with Crippen molar-refractivity contribution in [3.05, 3.63) is 59.4 Å². The van der Waals surface area contributed by atoms with Crippen molar-refractivity contribution in [3.8, 4) is 0 Å². The van der Waals surface area contributed by atoms with Gasteiger partial charge in [-0.15, -0.1) is 0 Å².